The van der Waals surface area contributed by atoms with Gasteiger partial charge >= 0.3 is 0 Å². The number of benzene rings is 1. The van der Waals surface area contributed by atoms with Crippen LogP contribution in [0.25, 0.3) is 10.9 Å². The molecule has 3 nitrogen and oxygen atoms in total. The van der Waals surface area contributed by atoms with Crippen molar-refractivity contribution >= 4 is 22.5 Å². The summed E-state index contributed by atoms with van der Waals surface area (Å²) < 4.78 is 13.0. The molecule has 16 heavy (non-hydrogen) atoms. The predicted molar refractivity (Wildman–Crippen MR) is 61.9 cm³/mol. The van der Waals surface area contributed by atoms with E-state index >= 15 is 0 Å². The van der Waals surface area contributed by atoms with E-state index in [1.165, 1.54) is 12.1 Å². The van der Waals surface area contributed by atoms with Crippen LogP contribution in [-0.4, -0.2) is 16.0 Å². The lowest BCUT2D eigenvalue weighted by Crippen LogP contribution is -2.19. The maximum absolute atomic E-state index is 13.0. The van der Waals surface area contributed by atoms with Gasteiger partial charge in [-0.05, 0) is 30.7 Å². The minimum absolute atomic E-state index is 0.0285. The summed E-state index contributed by atoms with van der Waals surface area (Å²) in [7, 11) is 0. The zero-order chi connectivity index (χ0) is 11.7. The van der Waals surface area contributed by atoms with Gasteiger partial charge in [0.15, 0.2) is 0 Å². The Balaban J connectivity index is 2.63. The summed E-state index contributed by atoms with van der Waals surface area (Å²) in [6, 6.07) is 4.34. The second kappa shape index (κ2) is 4.31. The molecule has 84 valence electrons. The number of hydrogen-bond donors (Lipinski definition) is 1. The Morgan fingerprint density at radius 3 is 2.88 bits per heavy atom. The Morgan fingerprint density at radius 1 is 1.44 bits per heavy atom. The molecule has 1 unspecified atom stereocenters. The molecule has 1 aromatic carbocycles. The van der Waals surface area contributed by atoms with Gasteiger partial charge in [0.25, 0.3) is 0 Å². The third-order valence-electron chi connectivity index (χ3n) is 2.23. The van der Waals surface area contributed by atoms with E-state index < -0.39 is 0 Å². The summed E-state index contributed by atoms with van der Waals surface area (Å²) in [5.74, 6) is -0.339. The summed E-state index contributed by atoms with van der Waals surface area (Å²) in [6.45, 7) is 1.88. The molecule has 1 heterocycles. The summed E-state index contributed by atoms with van der Waals surface area (Å²) in [4.78, 5) is 8.10. The Kier molecular flexibility index (Phi) is 3.03. The predicted octanol–water partition coefficient (Wildman–Crippen LogP) is 2.31. The fraction of sp³-hybridized carbons (Fsp3) is 0.273. The van der Waals surface area contributed by atoms with Gasteiger partial charge in [0.2, 0.25) is 5.28 Å². The first-order valence-electron chi connectivity index (χ1n) is 4.93. The number of hydrogen-bond acceptors (Lipinski definition) is 3. The van der Waals surface area contributed by atoms with E-state index in [1.54, 1.807) is 6.07 Å². The van der Waals surface area contributed by atoms with Crippen LogP contribution in [-0.2, 0) is 6.42 Å². The summed E-state index contributed by atoms with van der Waals surface area (Å²) in [5, 5.41) is 0.914. The Labute approximate surface area is 97.5 Å². The van der Waals surface area contributed by atoms with Crippen LogP contribution < -0.4 is 5.73 Å². The number of fused-ring (bicyclic) bond motifs is 1. The van der Waals surface area contributed by atoms with Crippen molar-refractivity contribution < 1.29 is 4.39 Å². The Bertz CT molecular complexity index is 523. The lowest BCUT2D eigenvalue weighted by atomic mass is 10.1. The van der Waals surface area contributed by atoms with Crippen molar-refractivity contribution in [1.29, 1.82) is 0 Å². The van der Waals surface area contributed by atoms with Gasteiger partial charge in [-0.25, -0.2) is 14.4 Å². The molecule has 1 aromatic heterocycles. The molecule has 5 heteroatoms. The molecule has 0 spiro atoms. The van der Waals surface area contributed by atoms with Gasteiger partial charge in [-0.1, -0.05) is 0 Å². The largest absolute Gasteiger partial charge is 0.328 e. The molecule has 0 aliphatic carbocycles. The SMILES string of the molecule is CC(N)Cc1nc(Cl)nc2cc(F)ccc12. The van der Waals surface area contributed by atoms with Gasteiger partial charge in [-0.15, -0.1) is 0 Å². The standard InChI is InChI=1S/C11H11ClFN3/c1-6(14)4-9-8-3-2-7(13)5-10(8)16-11(12)15-9/h2-3,5-6H,4,14H2,1H3. The highest BCUT2D eigenvalue weighted by Gasteiger charge is 2.09. The molecule has 0 saturated heterocycles. The average Bonchev–Trinajstić information content (AvgIpc) is 2.15. The summed E-state index contributed by atoms with van der Waals surface area (Å²) >= 11 is 5.77. The van der Waals surface area contributed by atoms with Crippen molar-refractivity contribution in [3.63, 3.8) is 0 Å². The highest BCUT2D eigenvalue weighted by molar-refractivity contribution is 6.28. The van der Waals surface area contributed by atoms with Gasteiger partial charge in [-0.3, -0.25) is 0 Å². The lowest BCUT2D eigenvalue weighted by molar-refractivity contribution is 0.629. The second-order valence-corrected chi connectivity index (χ2v) is 4.12. The fourth-order valence-corrected chi connectivity index (χ4v) is 1.79. The van der Waals surface area contributed by atoms with Crippen LogP contribution in [0.1, 0.15) is 12.6 Å². The van der Waals surface area contributed by atoms with Crippen molar-refractivity contribution in [1.82, 2.24) is 9.97 Å². The topological polar surface area (TPSA) is 51.8 Å². The van der Waals surface area contributed by atoms with Crippen molar-refractivity contribution in [2.45, 2.75) is 19.4 Å². The van der Waals surface area contributed by atoms with Crippen molar-refractivity contribution in [3.8, 4) is 0 Å². The normalized spacial score (nSPS) is 13.0. The molecular formula is C11H11ClFN3. The van der Waals surface area contributed by atoms with Crippen LogP contribution in [0.2, 0.25) is 5.28 Å². The Hall–Kier alpha value is -1.26. The molecular weight excluding hydrogens is 229 g/mol. The summed E-state index contributed by atoms with van der Waals surface area (Å²) in [6.07, 6.45) is 0.588. The molecule has 0 fully saturated rings. The molecule has 0 aliphatic heterocycles. The molecule has 2 N–H and O–H groups in total. The van der Waals surface area contributed by atoms with Crippen LogP contribution in [0, 0.1) is 5.82 Å². The van der Waals surface area contributed by atoms with Gasteiger partial charge in [0.1, 0.15) is 5.82 Å². The number of nitrogens with two attached hydrogens (primary N) is 1. The first-order valence-corrected chi connectivity index (χ1v) is 5.31. The van der Waals surface area contributed by atoms with Crippen LogP contribution in [0.4, 0.5) is 4.39 Å². The monoisotopic (exact) mass is 239 g/mol. The third-order valence-corrected chi connectivity index (χ3v) is 2.39. The molecule has 2 aromatic rings. The number of rotatable bonds is 2. The quantitative estimate of drug-likeness (QED) is 0.819. The molecule has 0 bridgehead atoms. The van der Waals surface area contributed by atoms with Crippen molar-refractivity contribution in [2.75, 3.05) is 0 Å². The van der Waals surface area contributed by atoms with Gasteiger partial charge in [0, 0.05) is 23.9 Å². The Morgan fingerprint density at radius 2 is 2.19 bits per heavy atom. The highest BCUT2D eigenvalue weighted by Crippen LogP contribution is 2.19. The second-order valence-electron chi connectivity index (χ2n) is 3.78. The number of aromatic nitrogens is 2. The summed E-state index contributed by atoms with van der Waals surface area (Å²) in [5.41, 5.74) is 6.98. The van der Waals surface area contributed by atoms with Crippen molar-refractivity contribution in [3.05, 3.63) is 35.0 Å². The van der Waals surface area contributed by atoms with Gasteiger partial charge in [-0.2, -0.15) is 0 Å². The van der Waals surface area contributed by atoms with Crippen LogP contribution in [0.3, 0.4) is 0 Å². The van der Waals surface area contributed by atoms with E-state index in [1.807, 2.05) is 6.92 Å². The smallest absolute Gasteiger partial charge is 0.223 e. The fourth-order valence-electron chi connectivity index (χ4n) is 1.60. The maximum atomic E-state index is 13.0. The molecule has 2 rings (SSSR count). The van der Waals surface area contributed by atoms with E-state index in [-0.39, 0.29) is 17.1 Å². The molecule has 1 atom stereocenters. The zero-order valence-electron chi connectivity index (χ0n) is 8.74. The van der Waals surface area contributed by atoms with Gasteiger partial charge in [0.05, 0.1) is 11.2 Å². The van der Waals surface area contributed by atoms with Crippen LogP contribution in [0.5, 0.6) is 0 Å². The van der Waals surface area contributed by atoms with Crippen LogP contribution >= 0.6 is 11.6 Å². The molecule has 0 radical (unpaired) electrons. The zero-order valence-corrected chi connectivity index (χ0v) is 9.50. The number of nitrogens with zero attached hydrogens (tertiary/aromatic N) is 2. The molecule has 0 amide bonds. The lowest BCUT2D eigenvalue weighted by Gasteiger charge is -2.08. The van der Waals surface area contributed by atoms with E-state index in [0.717, 1.165) is 11.1 Å². The van der Waals surface area contributed by atoms with Crippen molar-refractivity contribution in [2.24, 2.45) is 5.73 Å². The average molecular weight is 240 g/mol. The van der Waals surface area contributed by atoms with E-state index in [4.69, 9.17) is 17.3 Å². The minimum Gasteiger partial charge on any atom is -0.328 e. The third kappa shape index (κ3) is 2.28. The first kappa shape index (κ1) is 11.2. The van der Waals surface area contributed by atoms with Gasteiger partial charge < -0.3 is 5.73 Å². The van der Waals surface area contributed by atoms with E-state index in [0.29, 0.717) is 11.9 Å². The highest BCUT2D eigenvalue weighted by atomic mass is 35.5. The first-order chi connectivity index (χ1) is 7.56. The molecule has 0 aliphatic rings. The minimum atomic E-state index is -0.339. The van der Waals surface area contributed by atoms with E-state index in [9.17, 15) is 4.39 Å². The number of halogens is 2. The molecule has 0 saturated carbocycles. The van der Waals surface area contributed by atoms with Crippen LogP contribution in [0.15, 0.2) is 18.2 Å². The van der Waals surface area contributed by atoms with E-state index in [2.05, 4.69) is 9.97 Å². The maximum Gasteiger partial charge on any atom is 0.223 e.